The zero-order valence-corrected chi connectivity index (χ0v) is 17.6. The van der Waals surface area contributed by atoms with Crippen LogP contribution < -0.4 is 16.1 Å². The van der Waals surface area contributed by atoms with Crippen LogP contribution in [0, 0.1) is 13.8 Å². The Morgan fingerprint density at radius 2 is 1.71 bits per heavy atom. The number of amides is 2. The van der Waals surface area contributed by atoms with Crippen molar-refractivity contribution in [1.29, 1.82) is 0 Å². The van der Waals surface area contributed by atoms with Gasteiger partial charge in [0.05, 0.1) is 6.54 Å². The highest BCUT2D eigenvalue weighted by molar-refractivity contribution is 5.99. The number of nitrogens with one attached hydrogen (secondary N) is 2. The molecule has 0 aliphatic rings. The van der Waals surface area contributed by atoms with Crippen LogP contribution in [0.25, 0.3) is 0 Å². The van der Waals surface area contributed by atoms with Crippen LogP contribution in [-0.2, 0) is 13.1 Å². The first-order valence-electron chi connectivity index (χ1n) is 9.90. The number of rotatable bonds is 8. The highest BCUT2D eigenvalue weighted by Gasteiger charge is 2.19. The molecular formula is C24H25N3O4. The molecule has 0 radical (unpaired) electrons. The molecule has 0 spiro atoms. The maximum atomic E-state index is 12.9. The Morgan fingerprint density at radius 1 is 1.03 bits per heavy atom. The van der Waals surface area contributed by atoms with Crippen LogP contribution in [0.15, 0.2) is 70.7 Å². The van der Waals surface area contributed by atoms with Crippen LogP contribution in [0.4, 0.5) is 0 Å². The maximum absolute atomic E-state index is 12.9. The van der Waals surface area contributed by atoms with E-state index in [-0.39, 0.29) is 30.8 Å². The lowest BCUT2D eigenvalue weighted by molar-refractivity contribution is 0.0948. The fourth-order valence-electron chi connectivity index (χ4n) is 3.14. The lowest BCUT2D eigenvalue weighted by atomic mass is 10.1. The first-order valence-corrected chi connectivity index (χ1v) is 9.90. The van der Waals surface area contributed by atoms with Crippen LogP contribution in [0.3, 0.4) is 0 Å². The van der Waals surface area contributed by atoms with Gasteiger partial charge in [-0.3, -0.25) is 14.4 Å². The van der Waals surface area contributed by atoms with Gasteiger partial charge >= 0.3 is 0 Å². The lowest BCUT2D eigenvalue weighted by Crippen LogP contribution is -2.35. The summed E-state index contributed by atoms with van der Waals surface area (Å²) in [4.78, 5) is 38.3. The van der Waals surface area contributed by atoms with Gasteiger partial charge in [0.1, 0.15) is 22.6 Å². The van der Waals surface area contributed by atoms with Gasteiger partial charge in [-0.25, -0.2) is 0 Å². The van der Waals surface area contributed by atoms with Gasteiger partial charge in [-0.2, -0.15) is 0 Å². The molecule has 2 amide bonds. The molecule has 0 bridgehead atoms. The first kappa shape index (κ1) is 21.8. The summed E-state index contributed by atoms with van der Waals surface area (Å²) in [5.74, 6) is 0.278. The minimum absolute atomic E-state index is 0.108. The molecule has 160 valence electrons. The zero-order valence-electron chi connectivity index (χ0n) is 17.6. The Kier molecular flexibility index (Phi) is 6.87. The molecule has 2 aromatic heterocycles. The average molecular weight is 419 g/mol. The van der Waals surface area contributed by atoms with E-state index in [9.17, 15) is 14.4 Å². The van der Waals surface area contributed by atoms with Crippen molar-refractivity contribution in [3.05, 3.63) is 105 Å². The van der Waals surface area contributed by atoms with Crippen molar-refractivity contribution in [3.63, 3.8) is 0 Å². The zero-order chi connectivity index (χ0) is 22.4. The van der Waals surface area contributed by atoms with Crippen molar-refractivity contribution in [1.82, 2.24) is 15.2 Å². The molecule has 31 heavy (non-hydrogen) atoms. The maximum Gasteiger partial charge on any atom is 0.257 e. The molecule has 0 aliphatic heterocycles. The van der Waals surface area contributed by atoms with Crippen molar-refractivity contribution >= 4 is 11.8 Å². The van der Waals surface area contributed by atoms with Gasteiger partial charge in [-0.05, 0) is 37.1 Å². The molecule has 7 heteroatoms. The fourth-order valence-corrected chi connectivity index (χ4v) is 3.14. The summed E-state index contributed by atoms with van der Waals surface area (Å²) in [6.45, 7) is 8.08. The summed E-state index contributed by atoms with van der Waals surface area (Å²) in [7, 11) is 0. The van der Waals surface area contributed by atoms with Gasteiger partial charge in [0.25, 0.3) is 11.8 Å². The molecule has 0 atom stereocenters. The number of aromatic nitrogens is 1. The van der Waals surface area contributed by atoms with E-state index in [1.165, 1.54) is 18.5 Å². The molecule has 2 heterocycles. The van der Waals surface area contributed by atoms with Crippen molar-refractivity contribution in [2.24, 2.45) is 0 Å². The van der Waals surface area contributed by atoms with E-state index >= 15 is 0 Å². The summed E-state index contributed by atoms with van der Waals surface area (Å²) in [6.07, 6.45) is 4.38. The number of nitrogens with zero attached hydrogens (tertiary/aromatic N) is 1. The largest absolute Gasteiger partial charge is 0.464 e. The molecule has 3 aromatic rings. The first-order chi connectivity index (χ1) is 14.9. The van der Waals surface area contributed by atoms with E-state index in [2.05, 4.69) is 17.2 Å². The monoisotopic (exact) mass is 419 g/mol. The Balaban J connectivity index is 1.92. The normalized spacial score (nSPS) is 10.5. The second-order valence-corrected chi connectivity index (χ2v) is 7.21. The smallest absolute Gasteiger partial charge is 0.257 e. The Labute approximate surface area is 180 Å². The summed E-state index contributed by atoms with van der Waals surface area (Å²) in [5.41, 5.74) is 1.13. The van der Waals surface area contributed by atoms with Gasteiger partial charge in [0.2, 0.25) is 5.43 Å². The standard InChI is InChI=1S/C24H25N3O4/c1-4-11-25-23(29)20-14-27(13-19-10-9-17(3)31-19)15-21(22(20)28)24(30)26-12-18-8-6-5-7-16(18)2/h4-10,14-15H,1,11-13H2,2-3H3,(H,25,29)(H,26,30). The second kappa shape index (κ2) is 9.75. The molecule has 0 saturated carbocycles. The minimum atomic E-state index is -0.629. The van der Waals surface area contributed by atoms with E-state index in [4.69, 9.17) is 4.42 Å². The van der Waals surface area contributed by atoms with Crippen molar-refractivity contribution in [3.8, 4) is 0 Å². The predicted octanol–water partition coefficient (Wildman–Crippen LogP) is 2.95. The van der Waals surface area contributed by atoms with Crippen LogP contribution in [-0.4, -0.2) is 22.9 Å². The topological polar surface area (TPSA) is 93.3 Å². The summed E-state index contributed by atoms with van der Waals surface area (Å²) >= 11 is 0. The Hall–Kier alpha value is -3.87. The number of carbonyl (C=O) groups is 2. The number of carbonyl (C=O) groups excluding carboxylic acids is 2. The van der Waals surface area contributed by atoms with E-state index in [1.54, 1.807) is 4.57 Å². The highest BCUT2D eigenvalue weighted by Crippen LogP contribution is 2.10. The van der Waals surface area contributed by atoms with Crippen LogP contribution in [0.2, 0.25) is 0 Å². The van der Waals surface area contributed by atoms with E-state index in [1.807, 2.05) is 50.2 Å². The van der Waals surface area contributed by atoms with Gasteiger partial charge in [-0.15, -0.1) is 6.58 Å². The molecule has 3 rings (SSSR count). The number of furan rings is 1. The van der Waals surface area contributed by atoms with Crippen molar-refractivity contribution in [2.45, 2.75) is 26.9 Å². The van der Waals surface area contributed by atoms with E-state index in [0.717, 1.165) is 16.9 Å². The number of hydrogen-bond acceptors (Lipinski definition) is 4. The number of hydrogen-bond donors (Lipinski definition) is 2. The Bertz CT molecular complexity index is 1170. The Morgan fingerprint density at radius 3 is 2.32 bits per heavy atom. The van der Waals surface area contributed by atoms with Crippen molar-refractivity contribution < 1.29 is 14.0 Å². The van der Waals surface area contributed by atoms with Gasteiger partial charge in [0, 0.05) is 25.5 Å². The highest BCUT2D eigenvalue weighted by atomic mass is 16.3. The lowest BCUT2D eigenvalue weighted by Gasteiger charge is -2.12. The van der Waals surface area contributed by atoms with Crippen LogP contribution in [0.1, 0.15) is 43.4 Å². The van der Waals surface area contributed by atoms with Crippen LogP contribution in [0.5, 0.6) is 0 Å². The van der Waals surface area contributed by atoms with Crippen LogP contribution >= 0.6 is 0 Å². The van der Waals surface area contributed by atoms with Gasteiger partial charge in [0.15, 0.2) is 0 Å². The SMILES string of the molecule is C=CCNC(=O)c1cn(Cc2ccc(C)o2)cc(C(=O)NCc2ccccc2C)c1=O. The third kappa shape index (κ3) is 5.39. The molecular weight excluding hydrogens is 394 g/mol. The second-order valence-electron chi connectivity index (χ2n) is 7.21. The molecule has 0 unspecified atom stereocenters. The minimum Gasteiger partial charge on any atom is -0.464 e. The van der Waals surface area contributed by atoms with Crippen molar-refractivity contribution in [2.75, 3.05) is 6.54 Å². The van der Waals surface area contributed by atoms with E-state index < -0.39 is 17.2 Å². The van der Waals surface area contributed by atoms with E-state index in [0.29, 0.717) is 5.76 Å². The molecule has 0 fully saturated rings. The molecule has 2 N–H and O–H groups in total. The average Bonchev–Trinajstić information content (AvgIpc) is 3.16. The fraction of sp³-hybridized carbons (Fsp3) is 0.208. The quantitative estimate of drug-likeness (QED) is 0.549. The summed E-state index contributed by atoms with van der Waals surface area (Å²) in [6, 6.07) is 11.3. The van der Waals surface area contributed by atoms with Gasteiger partial charge in [-0.1, -0.05) is 30.3 Å². The number of pyridine rings is 1. The summed E-state index contributed by atoms with van der Waals surface area (Å²) in [5, 5.41) is 5.37. The number of benzene rings is 1. The molecule has 1 aromatic carbocycles. The molecule has 0 aliphatic carbocycles. The third-order valence-corrected chi connectivity index (χ3v) is 4.81. The number of aryl methyl sites for hydroxylation is 2. The van der Waals surface area contributed by atoms with Gasteiger partial charge < -0.3 is 19.6 Å². The summed E-state index contributed by atoms with van der Waals surface area (Å²) < 4.78 is 7.19. The molecule has 7 nitrogen and oxygen atoms in total. The predicted molar refractivity (Wildman–Crippen MR) is 118 cm³/mol. The molecule has 0 saturated heterocycles. The third-order valence-electron chi connectivity index (χ3n) is 4.81.